The molecule has 0 bridgehead atoms. The Hall–Kier alpha value is -3.74. The molecule has 1 saturated heterocycles. The zero-order chi connectivity index (χ0) is 26.7. The molecule has 196 valence electrons. The number of amides is 1. The van der Waals surface area contributed by atoms with Crippen molar-refractivity contribution >= 4 is 45.0 Å². The fourth-order valence-corrected chi connectivity index (χ4v) is 5.28. The molecule has 0 saturated carbocycles. The number of aliphatic hydroxyl groups excluding tert-OH is 2. The largest absolute Gasteiger partial charge is 0.377 e. The standard InChI is InChI=1S/C27H29N7O3S/c1-27(2)24(36)33-26(37)34(27)13-12-30-25-29-11-9-20(32-25)22-15-18-14-19(6-7-21(18)38-22)31-23(35)8-5-17-4-3-10-28-16-17/h3-11,14-16,24,26,33,36-37H,12-13H2,1-2H3,(H,31,35)(H,29,30,32)/b8-5+. The molecule has 4 aromatic rings. The van der Waals surface area contributed by atoms with Gasteiger partial charge in [0.2, 0.25) is 11.9 Å². The van der Waals surface area contributed by atoms with E-state index in [2.05, 4.69) is 30.9 Å². The Morgan fingerprint density at radius 1 is 1.21 bits per heavy atom. The van der Waals surface area contributed by atoms with Crippen LogP contribution in [0.2, 0.25) is 0 Å². The number of hydrogen-bond donors (Lipinski definition) is 5. The van der Waals surface area contributed by atoms with Crippen molar-refractivity contribution < 1.29 is 15.0 Å². The lowest BCUT2D eigenvalue weighted by molar-refractivity contribution is -0.111. The number of aromatic nitrogens is 3. The molecule has 38 heavy (non-hydrogen) atoms. The number of carbonyl (C=O) groups excluding carboxylic acids is 1. The van der Waals surface area contributed by atoms with Crippen molar-refractivity contribution in [3.63, 3.8) is 0 Å². The van der Waals surface area contributed by atoms with Crippen LogP contribution in [0.15, 0.2) is 67.1 Å². The molecule has 1 fully saturated rings. The first-order valence-corrected chi connectivity index (χ1v) is 13.0. The molecule has 1 aromatic carbocycles. The molecule has 1 aliphatic rings. The summed E-state index contributed by atoms with van der Waals surface area (Å²) in [6.45, 7) is 4.72. The molecule has 0 aliphatic carbocycles. The Bertz CT molecular complexity index is 1460. The van der Waals surface area contributed by atoms with Gasteiger partial charge in [-0.15, -0.1) is 11.3 Å². The molecule has 4 heterocycles. The van der Waals surface area contributed by atoms with E-state index in [1.165, 1.54) is 6.08 Å². The fourth-order valence-electron chi connectivity index (χ4n) is 4.26. The van der Waals surface area contributed by atoms with Crippen molar-refractivity contribution in [3.05, 3.63) is 72.7 Å². The van der Waals surface area contributed by atoms with Crippen LogP contribution in [0.3, 0.4) is 0 Å². The maximum absolute atomic E-state index is 12.4. The maximum Gasteiger partial charge on any atom is 0.248 e. The lowest BCUT2D eigenvalue weighted by atomic mass is 10.0. The van der Waals surface area contributed by atoms with Crippen molar-refractivity contribution in [2.24, 2.45) is 0 Å². The van der Waals surface area contributed by atoms with Gasteiger partial charge in [-0.1, -0.05) is 6.07 Å². The summed E-state index contributed by atoms with van der Waals surface area (Å²) in [4.78, 5) is 28.1. The zero-order valence-corrected chi connectivity index (χ0v) is 21.8. The molecule has 5 N–H and O–H groups in total. The van der Waals surface area contributed by atoms with Crippen LogP contribution in [0.25, 0.3) is 26.7 Å². The third-order valence-electron chi connectivity index (χ3n) is 6.45. The van der Waals surface area contributed by atoms with E-state index in [9.17, 15) is 15.0 Å². The molecule has 3 aromatic heterocycles. The van der Waals surface area contributed by atoms with Crippen molar-refractivity contribution in [3.8, 4) is 10.6 Å². The van der Waals surface area contributed by atoms with Gasteiger partial charge >= 0.3 is 0 Å². The predicted molar refractivity (Wildman–Crippen MR) is 149 cm³/mol. The lowest BCUT2D eigenvalue weighted by Gasteiger charge is -2.33. The molecule has 1 aliphatic heterocycles. The van der Waals surface area contributed by atoms with Crippen LogP contribution in [0.4, 0.5) is 11.6 Å². The summed E-state index contributed by atoms with van der Waals surface area (Å²) in [6, 6.07) is 13.4. The topological polar surface area (TPSA) is 136 Å². The quantitative estimate of drug-likeness (QED) is 0.217. The number of carbonyl (C=O) groups is 1. The molecule has 0 spiro atoms. The summed E-state index contributed by atoms with van der Waals surface area (Å²) in [5, 5.41) is 30.1. The van der Waals surface area contributed by atoms with Gasteiger partial charge in [0.15, 0.2) is 6.35 Å². The van der Waals surface area contributed by atoms with Gasteiger partial charge in [0.05, 0.1) is 16.1 Å². The summed E-state index contributed by atoms with van der Waals surface area (Å²) in [7, 11) is 0. The van der Waals surface area contributed by atoms with Gasteiger partial charge < -0.3 is 20.8 Å². The van der Waals surface area contributed by atoms with E-state index in [1.54, 1.807) is 40.9 Å². The Kier molecular flexibility index (Phi) is 7.45. The molecule has 2 atom stereocenters. The van der Waals surface area contributed by atoms with E-state index in [0.29, 0.717) is 24.7 Å². The van der Waals surface area contributed by atoms with Gasteiger partial charge in [0.1, 0.15) is 6.23 Å². The third-order valence-corrected chi connectivity index (χ3v) is 7.59. The number of nitrogens with one attached hydrogen (secondary N) is 3. The van der Waals surface area contributed by atoms with Gasteiger partial charge in [-0.25, -0.2) is 9.97 Å². The molecular weight excluding hydrogens is 502 g/mol. The molecule has 0 radical (unpaired) electrons. The number of pyridine rings is 1. The number of anilines is 2. The predicted octanol–water partition coefficient (Wildman–Crippen LogP) is 3.10. The fraction of sp³-hybridized carbons (Fsp3) is 0.259. The monoisotopic (exact) mass is 531 g/mol. The number of hydrogen-bond acceptors (Lipinski definition) is 10. The first-order chi connectivity index (χ1) is 18.3. The number of aliphatic hydroxyl groups is 2. The van der Waals surface area contributed by atoms with Crippen LogP contribution < -0.4 is 16.0 Å². The minimum absolute atomic E-state index is 0.217. The Balaban J connectivity index is 1.23. The van der Waals surface area contributed by atoms with E-state index in [-0.39, 0.29) is 5.91 Å². The SMILES string of the molecule is CC1(C)C(O)NC(O)N1CCNc1nccc(-c2cc3cc(NC(=O)/C=C/c4cccnc4)ccc3s2)n1. The van der Waals surface area contributed by atoms with Crippen molar-refractivity contribution in [1.29, 1.82) is 0 Å². The zero-order valence-electron chi connectivity index (χ0n) is 21.0. The highest BCUT2D eigenvalue weighted by Crippen LogP contribution is 2.34. The van der Waals surface area contributed by atoms with Crippen molar-refractivity contribution in [1.82, 2.24) is 25.2 Å². The van der Waals surface area contributed by atoms with Crippen LogP contribution in [-0.2, 0) is 4.79 Å². The minimum Gasteiger partial charge on any atom is -0.377 e. The number of nitrogens with zero attached hydrogens (tertiary/aromatic N) is 4. The van der Waals surface area contributed by atoms with Gasteiger partial charge in [-0.05, 0) is 67.3 Å². The van der Waals surface area contributed by atoms with Crippen LogP contribution in [-0.4, -0.2) is 67.2 Å². The smallest absolute Gasteiger partial charge is 0.248 e. The highest BCUT2D eigenvalue weighted by molar-refractivity contribution is 7.22. The summed E-state index contributed by atoms with van der Waals surface area (Å²) >= 11 is 1.61. The second-order valence-electron chi connectivity index (χ2n) is 9.45. The minimum atomic E-state index is -0.917. The molecule has 10 nitrogen and oxygen atoms in total. The van der Waals surface area contributed by atoms with Crippen molar-refractivity contribution in [2.45, 2.75) is 32.0 Å². The lowest BCUT2D eigenvalue weighted by Crippen LogP contribution is -2.49. The molecule has 2 unspecified atom stereocenters. The van der Waals surface area contributed by atoms with Gasteiger partial charge in [-0.3, -0.25) is 20.0 Å². The van der Waals surface area contributed by atoms with Crippen LogP contribution >= 0.6 is 11.3 Å². The molecule has 1 amide bonds. The average Bonchev–Trinajstić information content (AvgIpc) is 3.41. The highest BCUT2D eigenvalue weighted by Gasteiger charge is 2.45. The second kappa shape index (κ2) is 10.9. The Labute approximate surface area is 224 Å². The molecule has 11 heteroatoms. The number of rotatable bonds is 8. The van der Waals surface area contributed by atoms with Crippen LogP contribution in [0, 0.1) is 0 Å². The van der Waals surface area contributed by atoms with E-state index in [1.807, 2.05) is 56.3 Å². The van der Waals surface area contributed by atoms with Crippen molar-refractivity contribution in [2.75, 3.05) is 23.7 Å². The number of fused-ring (bicyclic) bond motifs is 1. The molecule has 5 rings (SSSR count). The normalized spacial score (nSPS) is 19.3. The van der Waals surface area contributed by atoms with Crippen LogP contribution in [0.5, 0.6) is 0 Å². The number of thiophene rings is 1. The van der Waals surface area contributed by atoms with E-state index < -0.39 is 18.1 Å². The first kappa shape index (κ1) is 25.9. The van der Waals surface area contributed by atoms with E-state index >= 15 is 0 Å². The van der Waals surface area contributed by atoms with Crippen LogP contribution in [0.1, 0.15) is 19.4 Å². The van der Waals surface area contributed by atoms with Gasteiger partial charge in [0.25, 0.3) is 0 Å². The van der Waals surface area contributed by atoms with E-state index in [0.717, 1.165) is 26.2 Å². The summed E-state index contributed by atoms with van der Waals surface area (Å²) in [5.41, 5.74) is 1.74. The average molecular weight is 532 g/mol. The maximum atomic E-state index is 12.4. The Morgan fingerprint density at radius 2 is 2.08 bits per heavy atom. The summed E-state index contributed by atoms with van der Waals surface area (Å²) < 4.78 is 1.08. The van der Waals surface area contributed by atoms with Gasteiger partial charge in [0, 0.05) is 48.1 Å². The first-order valence-electron chi connectivity index (χ1n) is 12.2. The molecular formula is C27H29N7O3S. The summed E-state index contributed by atoms with van der Waals surface area (Å²) in [5.74, 6) is 0.263. The third kappa shape index (κ3) is 5.72. The van der Waals surface area contributed by atoms with Gasteiger partial charge in [-0.2, -0.15) is 0 Å². The second-order valence-corrected chi connectivity index (χ2v) is 10.5. The summed E-state index contributed by atoms with van der Waals surface area (Å²) in [6.07, 6.45) is 6.56. The highest BCUT2D eigenvalue weighted by atomic mass is 32.1. The van der Waals surface area contributed by atoms with E-state index in [4.69, 9.17) is 0 Å². The number of benzene rings is 1. The Morgan fingerprint density at radius 3 is 2.84 bits per heavy atom.